The molecule has 1 aromatic heterocycles. The predicted octanol–water partition coefficient (Wildman–Crippen LogP) is 1.60. The van der Waals surface area contributed by atoms with Crippen molar-refractivity contribution in [1.82, 2.24) is 15.1 Å². The molecule has 7 heteroatoms. The summed E-state index contributed by atoms with van der Waals surface area (Å²) in [6.45, 7) is 6.31. The van der Waals surface area contributed by atoms with Crippen molar-refractivity contribution in [3.63, 3.8) is 0 Å². The summed E-state index contributed by atoms with van der Waals surface area (Å²) in [5.41, 5.74) is 4.06. The van der Waals surface area contributed by atoms with E-state index in [1.54, 1.807) is 0 Å². The molecule has 0 saturated carbocycles. The van der Waals surface area contributed by atoms with Gasteiger partial charge < -0.3 is 5.32 Å². The lowest BCUT2D eigenvalue weighted by Gasteiger charge is -2.11. The van der Waals surface area contributed by atoms with Crippen molar-refractivity contribution in [2.45, 2.75) is 39.1 Å². The minimum Gasteiger partial charge on any atom is -0.351 e. The summed E-state index contributed by atoms with van der Waals surface area (Å²) in [5.74, 6) is -0.485. The van der Waals surface area contributed by atoms with E-state index in [9.17, 15) is 13.2 Å². The van der Waals surface area contributed by atoms with Crippen LogP contribution in [0.5, 0.6) is 0 Å². The van der Waals surface area contributed by atoms with Crippen LogP contribution in [0.3, 0.4) is 0 Å². The molecular formula is C17H23N3O3S. The van der Waals surface area contributed by atoms with Gasteiger partial charge in [0.2, 0.25) is 5.91 Å². The van der Waals surface area contributed by atoms with Crippen LogP contribution in [-0.4, -0.2) is 35.6 Å². The van der Waals surface area contributed by atoms with E-state index in [2.05, 4.69) is 10.4 Å². The molecule has 6 nitrogen and oxygen atoms in total. The minimum atomic E-state index is -3.38. The van der Waals surface area contributed by atoms with Gasteiger partial charge in [0, 0.05) is 18.5 Å². The maximum absolute atomic E-state index is 11.9. The molecule has 2 aromatic rings. The third-order valence-corrected chi connectivity index (χ3v) is 5.40. The van der Waals surface area contributed by atoms with Crippen molar-refractivity contribution in [3.8, 4) is 0 Å². The Labute approximate surface area is 142 Å². The van der Waals surface area contributed by atoms with Gasteiger partial charge in [0.25, 0.3) is 0 Å². The topological polar surface area (TPSA) is 81.1 Å². The van der Waals surface area contributed by atoms with E-state index in [0.717, 1.165) is 28.8 Å². The molecule has 0 saturated heterocycles. The number of carbonyl (C=O) groups excluding carboxylic acids is 1. The van der Waals surface area contributed by atoms with E-state index in [4.69, 9.17) is 0 Å². The SMILES string of the molecule is Cc1cc(C)n(Cc2cccc(CNC(=O)C(C)S(C)(=O)=O)c2)n1. The smallest absolute Gasteiger partial charge is 0.238 e. The van der Waals surface area contributed by atoms with Crippen LogP contribution in [0.25, 0.3) is 0 Å². The van der Waals surface area contributed by atoms with Crippen LogP contribution in [0.4, 0.5) is 0 Å². The average Bonchev–Trinajstić information content (AvgIpc) is 2.81. The molecule has 24 heavy (non-hydrogen) atoms. The summed E-state index contributed by atoms with van der Waals surface area (Å²) in [6.07, 6.45) is 1.06. The lowest BCUT2D eigenvalue weighted by Crippen LogP contribution is -2.37. The van der Waals surface area contributed by atoms with Gasteiger partial charge in [-0.2, -0.15) is 5.10 Å². The first-order valence-electron chi connectivity index (χ1n) is 7.72. The third-order valence-electron chi connectivity index (χ3n) is 3.91. The molecule has 1 aromatic carbocycles. The largest absolute Gasteiger partial charge is 0.351 e. The zero-order valence-corrected chi connectivity index (χ0v) is 15.2. The Morgan fingerprint density at radius 3 is 2.50 bits per heavy atom. The van der Waals surface area contributed by atoms with Crippen molar-refractivity contribution < 1.29 is 13.2 Å². The number of nitrogens with zero attached hydrogens (tertiary/aromatic N) is 2. The van der Waals surface area contributed by atoms with Gasteiger partial charge in [-0.15, -0.1) is 0 Å². The lowest BCUT2D eigenvalue weighted by atomic mass is 10.1. The molecule has 0 fully saturated rings. The Morgan fingerprint density at radius 1 is 1.25 bits per heavy atom. The van der Waals surface area contributed by atoms with Gasteiger partial charge in [-0.05, 0) is 38.0 Å². The van der Waals surface area contributed by atoms with Gasteiger partial charge in [0.05, 0.1) is 12.2 Å². The average molecular weight is 349 g/mol. The van der Waals surface area contributed by atoms with Crippen LogP contribution in [-0.2, 0) is 27.7 Å². The fraction of sp³-hybridized carbons (Fsp3) is 0.412. The van der Waals surface area contributed by atoms with E-state index in [-0.39, 0.29) is 0 Å². The quantitative estimate of drug-likeness (QED) is 0.859. The zero-order chi connectivity index (χ0) is 17.9. The number of amides is 1. The minimum absolute atomic E-state index is 0.295. The van der Waals surface area contributed by atoms with Crippen LogP contribution < -0.4 is 5.32 Å². The van der Waals surface area contributed by atoms with Crippen molar-refractivity contribution in [2.24, 2.45) is 0 Å². The molecule has 1 N–H and O–H groups in total. The summed E-state index contributed by atoms with van der Waals surface area (Å²) >= 11 is 0. The van der Waals surface area contributed by atoms with Crippen molar-refractivity contribution >= 4 is 15.7 Å². The maximum atomic E-state index is 11.9. The van der Waals surface area contributed by atoms with Crippen LogP contribution in [0.2, 0.25) is 0 Å². The van der Waals surface area contributed by atoms with Gasteiger partial charge in [0.15, 0.2) is 9.84 Å². The van der Waals surface area contributed by atoms with Gasteiger partial charge in [-0.1, -0.05) is 24.3 Å². The number of aryl methyl sites for hydroxylation is 2. The highest BCUT2D eigenvalue weighted by atomic mass is 32.2. The Morgan fingerprint density at radius 2 is 1.92 bits per heavy atom. The first-order valence-corrected chi connectivity index (χ1v) is 9.67. The van der Waals surface area contributed by atoms with E-state index >= 15 is 0 Å². The molecule has 0 radical (unpaired) electrons. The zero-order valence-electron chi connectivity index (χ0n) is 14.4. The first-order chi connectivity index (χ1) is 11.2. The summed E-state index contributed by atoms with van der Waals surface area (Å²) in [7, 11) is -3.38. The van der Waals surface area contributed by atoms with E-state index in [1.807, 2.05) is 48.9 Å². The Bertz CT molecular complexity index is 841. The lowest BCUT2D eigenvalue weighted by molar-refractivity contribution is -0.120. The third kappa shape index (κ3) is 4.67. The van der Waals surface area contributed by atoms with Crippen LogP contribution in [0.15, 0.2) is 30.3 Å². The highest BCUT2D eigenvalue weighted by Gasteiger charge is 2.22. The molecule has 1 amide bonds. The number of hydrogen-bond donors (Lipinski definition) is 1. The summed E-state index contributed by atoms with van der Waals surface area (Å²) in [4.78, 5) is 11.9. The second-order valence-electron chi connectivity index (χ2n) is 6.09. The van der Waals surface area contributed by atoms with Crippen LogP contribution in [0.1, 0.15) is 29.4 Å². The molecule has 0 spiro atoms. The van der Waals surface area contributed by atoms with Crippen molar-refractivity contribution in [2.75, 3.05) is 6.26 Å². The van der Waals surface area contributed by atoms with Crippen LogP contribution in [0, 0.1) is 13.8 Å². The standard InChI is InChI=1S/C17H23N3O3S/c1-12-8-13(2)20(19-12)11-16-7-5-6-15(9-16)10-18-17(21)14(3)24(4,22)23/h5-9,14H,10-11H2,1-4H3,(H,18,21). The predicted molar refractivity (Wildman–Crippen MR) is 93.4 cm³/mol. The molecular weight excluding hydrogens is 326 g/mol. The Balaban J connectivity index is 2.03. The molecule has 1 heterocycles. The first kappa shape index (κ1) is 18.2. The molecule has 0 aliphatic carbocycles. The van der Waals surface area contributed by atoms with Gasteiger partial charge in [-0.25, -0.2) is 8.42 Å². The summed E-state index contributed by atoms with van der Waals surface area (Å²) < 4.78 is 24.7. The monoisotopic (exact) mass is 349 g/mol. The number of aromatic nitrogens is 2. The number of nitrogens with one attached hydrogen (secondary N) is 1. The Kier molecular flexibility index (Phi) is 5.43. The number of hydrogen-bond acceptors (Lipinski definition) is 4. The second-order valence-corrected chi connectivity index (χ2v) is 8.46. The molecule has 1 atom stereocenters. The highest BCUT2D eigenvalue weighted by Crippen LogP contribution is 2.10. The van der Waals surface area contributed by atoms with E-state index in [1.165, 1.54) is 6.92 Å². The maximum Gasteiger partial charge on any atom is 0.238 e. The second kappa shape index (κ2) is 7.17. The fourth-order valence-electron chi connectivity index (χ4n) is 2.37. The molecule has 2 rings (SSSR count). The number of sulfone groups is 1. The number of carbonyl (C=O) groups is 1. The highest BCUT2D eigenvalue weighted by molar-refractivity contribution is 7.92. The molecule has 0 bridgehead atoms. The van der Waals surface area contributed by atoms with Crippen molar-refractivity contribution in [3.05, 3.63) is 52.8 Å². The number of rotatable bonds is 6. The molecule has 130 valence electrons. The van der Waals surface area contributed by atoms with Gasteiger partial charge >= 0.3 is 0 Å². The van der Waals surface area contributed by atoms with Crippen LogP contribution >= 0.6 is 0 Å². The van der Waals surface area contributed by atoms with Gasteiger partial charge in [0.1, 0.15) is 5.25 Å². The normalized spacial score (nSPS) is 12.8. The van der Waals surface area contributed by atoms with Crippen molar-refractivity contribution in [1.29, 1.82) is 0 Å². The Hall–Kier alpha value is -2.15. The summed E-state index contributed by atoms with van der Waals surface area (Å²) in [5, 5.41) is 6.07. The van der Waals surface area contributed by atoms with Gasteiger partial charge in [-0.3, -0.25) is 9.48 Å². The van der Waals surface area contributed by atoms with E-state index < -0.39 is 21.0 Å². The fourth-order valence-corrected chi connectivity index (χ4v) is 2.85. The molecule has 1 unspecified atom stereocenters. The molecule has 0 aliphatic heterocycles. The molecule has 0 aliphatic rings. The van der Waals surface area contributed by atoms with E-state index in [0.29, 0.717) is 13.1 Å². The summed E-state index contributed by atoms with van der Waals surface area (Å²) in [6, 6.07) is 9.83. The number of benzene rings is 1.